The van der Waals surface area contributed by atoms with E-state index in [2.05, 4.69) is 0 Å². The van der Waals surface area contributed by atoms with Crippen molar-refractivity contribution in [2.24, 2.45) is 0 Å². The second-order valence-corrected chi connectivity index (χ2v) is 3.56. The number of amides is 1. The van der Waals surface area contributed by atoms with Gasteiger partial charge in [-0.25, -0.2) is 0 Å². The van der Waals surface area contributed by atoms with Crippen LogP contribution in [0.5, 0.6) is 0 Å². The Morgan fingerprint density at radius 1 is 1.69 bits per heavy atom. The summed E-state index contributed by atoms with van der Waals surface area (Å²) in [5, 5.41) is 1.68. The van der Waals surface area contributed by atoms with Crippen LogP contribution in [0, 0.1) is 0 Å². The van der Waals surface area contributed by atoms with E-state index in [1.807, 2.05) is 6.92 Å². The van der Waals surface area contributed by atoms with Gasteiger partial charge in [0.05, 0.1) is 0 Å². The topological polar surface area (TPSA) is 42.3 Å². The Labute approximate surface area is 80.4 Å². The van der Waals surface area contributed by atoms with Gasteiger partial charge in [0.15, 0.2) is 0 Å². The first-order chi connectivity index (χ1) is 6.15. The molecule has 0 saturated heterocycles. The fourth-order valence-electron chi connectivity index (χ4n) is 0.851. The summed E-state index contributed by atoms with van der Waals surface area (Å²) in [6, 6.07) is 0. The van der Waals surface area contributed by atoms with Gasteiger partial charge in [0.1, 0.15) is 6.54 Å². The van der Waals surface area contributed by atoms with Crippen LogP contribution in [0.15, 0.2) is 16.4 Å². The largest absolute Gasteiger partial charge is 0.344 e. The molecule has 0 aromatic carbocycles. The van der Waals surface area contributed by atoms with Crippen LogP contribution in [0.4, 0.5) is 0 Å². The minimum atomic E-state index is -0.0853. The lowest BCUT2D eigenvalue weighted by Gasteiger charge is -2.13. The molecule has 0 atom stereocenters. The number of thiazole rings is 1. The normalized spacial score (nSPS) is 10.0. The van der Waals surface area contributed by atoms with E-state index < -0.39 is 0 Å². The minimum Gasteiger partial charge on any atom is -0.344 e. The summed E-state index contributed by atoms with van der Waals surface area (Å²) in [6.07, 6.45) is 1.63. The molecule has 0 aliphatic heterocycles. The van der Waals surface area contributed by atoms with Crippen LogP contribution < -0.4 is 4.87 Å². The van der Waals surface area contributed by atoms with Gasteiger partial charge >= 0.3 is 4.87 Å². The molecule has 1 aromatic heterocycles. The number of rotatable bonds is 3. The monoisotopic (exact) mass is 200 g/mol. The van der Waals surface area contributed by atoms with Gasteiger partial charge in [-0.05, 0) is 6.92 Å². The van der Waals surface area contributed by atoms with Crippen LogP contribution in [0.1, 0.15) is 6.92 Å². The molecule has 0 aliphatic carbocycles. The lowest BCUT2D eigenvalue weighted by atomic mass is 10.5. The maximum absolute atomic E-state index is 11.4. The number of nitrogens with zero attached hydrogens (tertiary/aromatic N) is 2. The first kappa shape index (κ1) is 9.98. The summed E-state index contributed by atoms with van der Waals surface area (Å²) in [5.74, 6) is -0.0389. The van der Waals surface area contributed by atoms with Crippen molar-refractivity contribution < 1.29 is 4.79 Å². The average Bonchev–Trinajstić information content (AvgIpc) is 2.50. The fraction of sp³-hybridized carbons (Fsp3) is 0.500. The van der Waals surface area contributed by atoms with E-state index in [1.165, 1.54) is 4.57 Å². The Morgan fingerprint density at radius 3 is 2.85 bits per heavy atom. The zero-order chi connectivity index (χ0) is 9.84. The zero-order valence-electron chi connectivity index (χ0n) is 7.69. The van der Waals surface area contributed by atoms with Gasteiger partial charge < -0.3 is 4.90 Å². The number of aromatic nitrogens is 1. The Bertz CT molecular complexity index is 342. The predicted molar refractivity (Wildman–Crippen MR) is 51.9 cm³/mol. The van der Waals surface area contributed by atoms with Crippen molar-refractivity contribution in [2.75, 3.05) is 13.6 Å². The zero-order valence-corrected chi connectivity index (χ0v) is 8.50. The molecule has 1 rings (SSSR count). The lowest BCUT2D eigenvalue weighted by molar-refractivity contribution is -0.130. The lowest BCUT2D eigenvalue weighted by Crippen LogP contribution is -2.31. The standard InChI is InChI=1S/C8H12N2O2S/c1-3-9(2)7(11)6-10-4-5-13-8(10)12/h4-5H,3,6H2,1-2H3. The van der Waals surface area contributed by atoms with Crippen LogP contribution in [-0.2, 0) is 11.3 Å². The third-order valence-electron chi connectivity index (χ3n) is 1.85. The molecular formula is C8H12N2O2S. The molecule has 4 nitrogen and oxygen atoms in total. The molecule has 72 valence electrons. The van der Waals surface area contributed by atoms with Gasteiger partial charge in [0.25, 0.3) is 0 Å². The molecule has 1 aromatic rings. The maximum Gasteiger partial charge on any atom is 0.307 e. The molecule has 0 bridgehead atoms. The molecule has 1 heterocycles. The molecule has 1 amide bonds. The third-order valence-corrected chi connectivity index (χ3v) is 2.54. The average molecular weight is 200 g/mol. The quantitative estimate of drug-likeness (QED) is 0.708. The van der Waals surface area contributed by atoms with Crippen molar-refractivity contribution in [1.29, 1.82) is 0 Å². The molecule has 0 N–H and O–H groups in total. The Morgan fingerprint density at radius 2 is 2.38 bits per heavy atom. The molecular weight excluding hydrogens is 188 g/mol. The second kappa shape index (κ2) is 4.23. The van der Waals surface area contributed by atoms with E-state index in [9.17, 15) is 9.59 Å². The van der Waals surface area contributed by atoms with E-state index in [0.717, 1.165) is 11.3 Å². The molecule has 0 saturated carbocycles. The number of hydrogen-bond acceptors (Lipinski definition) is 3. The highest BCUT2D eigenvalue weighted by molar-refractivity contribution is 7.07. The van der Waals surface area contributed by atoms with Crippen molar-refractivity contribution in [1.82, 2.24) is 9.47 Å². The van der Waals surface area contributed by atoms with E-state index >= 15 is 0 Å². The van der Waals surface area contributed by atoms with Gasteiger partial charge in [0, 0.05) is 25.2 Å². The van der Waals surface area contributed by atoms with Gasteiger partial charge in [-0.1, -0.05) is 11.3 Å². The smallest absolute Gasteiger partial charge is 0.307 e. The van der Waals surface area contributed by atoms with Crippen molar-refractivity contribution in [3.05, 3.63) is 21.2 Å². The Kier molecular flexibility index (Phi) is 3.25. The SMILES string of the molecule is CCN(C)C(=O)Cn1ccsc1=O. The van der Waals surface area contributed by atoms with Crippen molar-refractivity contribution in [3.63, 3.8) is 0 Å². The highest BCUT2D eigenvalue weighted by Crippen LogP contribution is 1.92. The second-order valence-electron chi connectivity index (χ2n) is 2.70. The predicted octanol–water partition coefficient (Wildman–Crippen LogP) is 0.388. The summed E-state index contributed by atoms with van der Waals surface area (Å²) in [5.41, 5.74) is 0. The summed E-state index contributed by atoms with van der Waals surface area (Å²) in [6.45, 7) is 2.71. The van der Waals surface area contributed by atoms with E-state index in [1.54, 1.807) is 23.5 Å². The highest BCUT2D eigenvalue weighted by atomic mass is 32.1. The molecule has 13 heavy (non-hydrogen) atoms. The van der Waals surface area contributed by atoms with Crippen molar-refractivity contribution >= 4 is 17.2 Å². The molecule has 0 unspecified atom stereocenters. The van der Waals surface area contributed by atoms with Crippen molar-refractivity contribution in [3.8, 4) is 0 Å². The molecule has 0 spiro atoms. The van der Waals surface area contributed by atoms with E-state index in [4.69, 9.17) is 0 Å². The highest BCUT2D eigenvalue weighted by Gasteiger charge is 2.08. The number of likely N-dealkylation sites (N-methyl/N-ethyl adjacent to an activating group) is 1. The van der Waals surface area contributed by atoms with Crippen LogP contribution >= 0.6 is 11.3 Å². The van der Waals surface area contributed by atoms with Crippen molar-refractivity contribution in [2.45, 2.75) is 13.5 Å². The summed E-state index contributed by atoms with van der Waals surface area (Å²) < 4.78 is 1.42. The number of hydrogen-bond donors (Lipinski definition) is 0. The van der Waals surface area contributed by atoms with Crippen LogP contribution in [0.2, 0.25) is 0 Å². The van der Waals surface area contributed by atoms with Crippen LogP contribution in [0.25, 0.3) is 0 Å². The van der Waals surface area contributed by atoms with Gasteiger partial charge in [0.2, 0.25) is 5.91 Å². The van der Waals surface area contributed by atoms with Crippen LogP contribution in [-0.4, -0.2) is 29.0 Å². The summed E-state index contributed by atoms with van der Waals surface area (Å²) >= 11 is 1.10. The molecule has 0 aliphatic rings. The van der Waals surface area contributed by atoms with Crippen LogP contribution in [0.3, 0.4) is 0 Å². The maximum atomic E-state index is 11.4. The van der Waals surface area contributed by atoms with Gasteiger partial charge in [-0.2, -0.15) is 0 Å². The van der Waals surface area contributed by atoms with E-state index in [-0.39, 0.29) is 17.3 Å². The number of carbonyl (C=O) groups is 1. The first-order valence-corrected chi connectivity index (χ1v) is 4.91. The van der Waals surface area contributed by atoms with Gasteiger partial charge in [-0.15, -0.1) is 0 Å². The van der Waals surface area contributed by atoms with Gasteiger partial charge in [-0.3, -0.25) is 14.2 Å². The van der Waals surface area contributed by atoms with E-state index in [0.29, 0.717) is 6.54 Å². The summed E-state index contributed by atoms with van der Waals surface area (Å²) in [4.78, 5) is 23.9. The Hall–Kier alpha value is -1.10. The first-order valence-electron chi connectivity index (χ1n) is 4.03. The molecule has 0 radical (unpaired) electrons. The Balaban J connectivity index is 2.65. The third kappa shape index (κ3) is 2.42. The summed E-state index contributed by atoms with van der Waals surface area (Å²) in [7, 11) is 1.72. The number of carbonyl (C=O) groups excluding carboxylic acids is 1. The minimum absolute atomic E-state index is 0.0389. The molecule has 0 fully saturated rings. The molecule has 5 heteroatoms. The fourth-order valence-corrected chi connectivity index (χ4v) is 1.44.